The molecule has 1 fully saturated rings. The molecule has 2 aromatic rings. The molecule has 2 N–H and O–H groups in total. The van der Waals surface area contributed by atoms with Crippen molar-refractivity contribution in [3.8, 4) is 5.75 Å². The Morgan fingerprint density at radius 2 is 1.70 bits per heavy atom. The highest BCUT2D eigenvalue weighted by molar-refractivity contribution is 7.80. The van der Waals surface area contributed by atoms with Crippen molar-refractivity contribution in [3.05, 3.63) is 59.7 Å². The van der Waals surface area contributed by atoms with Crippen LogP contribution in [0.4, 0.5) is 5.69 Å². The highest BCUT2D eigenvalue weighted by Crippen LogP contribution is 2.20. The molecule has 2 aromatic carbocycles. The molecule has 1 aliphatic heterocycles. The van der Waals surface area contributed by atoms with Crippen molar-refractivity contribution in [1.29, 1.82) is 0 Å². The lowest BCUT2D eigenvalue weighted by Gasteiger charge is -2.34. The van der Waals surface area contributed by atoms with Crippen LogP contribution in [0.1, 0.15) is 11.1 Å². The van der Waals surface area contributed by atoms with E-state index in [-0.39, 0.29) is 0 Å². The fourth-order valence-electron chi connectivity index (χ4n) is 3.30. The highest BCUT2D eigenvalue weighted by atomic mass is 32.1. The number of nitrogens with zero attached hydrogens (tertiary/aromatic N) is 3. The molecule has 0 unspecified atom stereocenters. The lowest BCUT2D eigenvalue weighted by atomic mass is 10.1. The molecule has 3 rings (SSSR count). The third-order valence-electron chi connectivity index (χ3n) is 5.00. The Balaban J connectivity index is 1.68. The predicted molar refractivity (Wildman–Crippen MR) is 115 cm³/mol. The van der Waals surface area contributed by atoms with Crippen molar-refractivity contribution < 1.29 is 4.74 Å². The zero-order valence-corrected chi connectivity index (χ0v) is 16.9. The number of benzene rings is 2. The molecule has 0 aliphatic carbocycles. The van der Waals surface area contributed by atoms with Crippen LogP contribution in [0.5, 0.6) is 5.75 Å². The molecule has 0 aromatic heterocycles. The average Bonchev–Trinajstić information content (AvgIpc) is 2.69. The average molecular weight is 385 g/mol. The summed E-state index contributed by atoms with van der Waals surface area (Å²) >= 11 is 5.30. The number of likely N-dealkylation sites (N-methyl/N-ethyl adjacent to an activating group) is 1. The number of methoxy groups -OCH3 is 1. The summed E-state index contributed by atoms with van der Waals surface area (Å²) in [4.78, 5) is 6.84. The van der Waals surface area contributed by atoms with E-state index in [0.29, 0.717) is 18.2 Å². The van der Waals surface area contributed by atoms with Crippen LogP contribution in [-0.2, 0) is 13.1 Å². The lowest BCUT2D eigenvalue weighted by Crippen LogP contribution is -2.44. The number of ether oxygens (including phenoxy) is 1. The zero-order chi connectivity index (χ0) is 19.2. The first-order chi connectivity index (χ1) is 13.0. The number of rotatable bonds is 6. The minimum atomic E-state index is 0.413. The summed E-state index contributed by atoms with van der Waals surface area (Å²) in [5, 5.41) is 0.413. The van der Waals surface area contributed by atoms with Crippen LogP contribution in [-0.4, -0.2) is 55.2 Å². The molecule has 1 heterocycles. The Morgan fingerprint density at radius 1 is 1.04 bits per heavy atom. The van der Waals surface area contributed by atoms with Gasteiger partial charge in [0.05, 0.1) is 7.11 Å². The third-order valence-corrected chi connectivity index (χ3v) is 5.25. The second-order valence-corrected chi connectivity index (χ2v) is 7.42. The van der Waals surface area contributed by atoms with Gasteiger partial charge in [-0.2, -0.15) is 0 Å². The Labute approximate surface area is 167 Å². The van der Waals surface area contributed by atoms with Crippen LogP contribution in [0.25, 0.3) is 0 Å². The molecule has 0 radical (unpaired) electrons. The summed E-state index contributed by atoms with van der Waals surface area (Å²) in [6.07, 6.45) is 0. The third kappa shape index (κ3) is 5.34. The first-order valence-electron chi connectivity index (χ1n) is 9.25. The van der Waals surface area contributed by atoms with Crippen molar-refractivity contribution >= 4 is 23.0 Å². The van der Waals surface area contributed by atoms with Crippen molar-refractivity contribution in [2.75, 3.05) is 45.2 Å². The van der Waals surface area contributed by atoms with Crippen LogP contribution in [0.2, 0.25) is 0 Å². The number of hydrogen-bond acceptors (Lipinski definition) is 4. The molecule has 1 aliphatic rings. The van der Waals surface area contributed by atoms with Crippen LogP contribution in [0.3, 0.4) is 0 Å². The van der Waals surface area contributed by atoms with Crippen molar-refractivity contribution in [1.82, 2.24) is 9.80 Å². The summed E-state index contributed by atoms with van der Waals surface area (Å²) in [6.45, 7) is 5.69. The van der Waals surface area contributed by atoms with E-state index in [4.69, 9.17) is 22.7 Å². The van der Waals surface area contributed by atoms with Gasteiger partial charge in [0.15, 0.2) is 5.11 Å². The second-order valence-electron chi connectivity index (χ2n) is 7.00. The first kappa shape index (κ1) is 19.5. The monoisotopic (exact) mass is 384 g/mol. The smallest absolute Gasteiger partial charge is 0.166 e. The summed E-state index contributed by atoms with van der Waals surface area (Å²) < 4.78 is 5.22. The van der Waals surface area contributed by atoms with E-state index in [0.717, 1.165) is 37.5 Å². The lowest BCUT2D eigenvalue weighted by molar-refractivity contribution is 0.313. The number of thiocarbonyl (C=S) groups is 1. The molecule has 6 heteroatoms. The quantitative estimate of drug-likeness (QED) is 0.773. The molecule has 0 saturated carbocycles. The summed E-state index contributed by atoms with van der Waals surface area (Å²) in [5.41, 5.74) is 9.64. The predicted octanol–water partition coefficient (Wildman–Crippen LogP) is 2.69. The van der Waals surface area contributed by atoms with E-state index in [1.54, 1.807) is 7.11 Å². The van der Waals surface area contributed by atoms with Gasteiger partial charge in [-0.25, -0.2) is 0 Å². The van der Waals surface area contributed by atoms with Gasteiger partial charge in [-0.3, -0.25) is 0 Å². The Bertz CT molecular complexity index is 757. The number of nitrogens with two attached hydrogens (primary N) is 1. The van der Waals surface area contributed by atoms with Gasteiger partial charge in [-0.05, 0) is 54.7 Å². The Morgan fingerprint density at radius 3 is 2.33 bits per heavy atom. The number of piperazine rings is 1. The van der Waals surface area contributed by atoms with E-state index in [2.05, 4.69) is 41.1 Å². The molecule has 5 nitrogen and oxygen atoms in total. The van der Waals surface area contributed by atoms with Gasteiger partial charge in [0.1, 0.15) is 5.75 Å². The van der Waals surface area contributed by atoms with E-state index in [9.17, 15) is 0 Å². The number of hydrogen-bond donors (Lipinski definition) is 1. The summed E-state index contributed by atoms with van der Waals surface area (Å²) in [7, 11) is 3.84. The second kappa shape index (κ2) is 9.06. The van der Waals surface area contributed by atoms with Gasteiger partial charge < -0.3 is 25.2 Å². The molecule has 27 heavy (non-hydrogen) atoms. The Hall–Kier alpha value is -2.31. The topological polar surface area (TPSA) is 45.0 Å². The van der Waals surface area contributed by atoms with Crippen molar-refractivity contribution in [2.24, 2.45) is 5.73 Å². The van der Waals surface area contributed by atoms with E-state index in [1.807, 2.05) is 29.2 Å². The van der Waals surface area contributed by atoms with Gasteiger partial charge >= 0.3 is 0 Å². The van der Waals surface area contributed by atoms with Gasteiger partial charge in [0.2, 0.25) is 0 Å². The maximum absolute atomic E-state index is 6.00. The van der Waals surface area contributed by atoms with Gasteiger partial charge in [-0.15, -0.1) is 0 Å². The Kier molecular flexibility index (Phi) is 6.53. The van der Waals surface area contributed by atoms with Crippen LogP contribution < -0.4 is 15.4 Å². The van der Waals surface area contributed by atoms with Gasteiger partial charge in [0, 0.05) is 45.0 Å². The summed E-state index contributed by atoms with van der Waals surface area (Å²) in [5.74, 6) is 0.848. The molecular weight excluding hydrogens is 356 g/mol. The standard InChI is InChI=1S/C21H28N4OS/c1-23-10-12-24(13-11-23)19-5-3-4-18(14-19)16-25(21(22)27)15-17-6-8-20(26-2)9-7-17/h3-9,14H,10-13,15-16H2,1-2H3,(H2,22,27). The minimum absolute atomic E-state index is 0.413. The van der Waals surface area contributed by atoms with Crippen LogP contribution in [0.15, 0.2) is 48.5 Å². The minimum Gasteiger partial charge on any atom is -0.497 e. The fraction of sp³-hybridized carbons (Fsp3) is 0.381. The van der Waals surface area contributed by atoms with Gasteiger partial charge in [0.25, 0.3) is 0 Å². The SMILES string of the molecule is COc1ccc(CN(Cc2cccc(N3CCN(C)CC3)c2)C(N)=S)cc1. The fourth-order valence-corrected chi connectivity index (χ4v) is 3.43. The number of anilines is 1. The maximum Gasteiger partial charge on any atom is 0.166 e. The van der Waals surface area contributed by atoms with E-state index in [1.165, 1.54) is 11.3 Å². The molecule has 0 atom stereocenters. The molecule has 1 saturated heterocycles. The van der Waals surface area contributed by atoms with E-state index < -0.39 is 0 Å². The molecule has 0 amide bonds. The van der Waals surface area contributed by atoms with Crippen molar-refractivity contribution in [2.45, 2.75) is 13.1 Å². The van der Waals surface area contributed by atoms with Crippen LogP contribution in [0, 0.1) is 0 Å². The zero-order valence-electron chi connectivity index (χ0n) is 16.1. The maximum atomic E-state index is 6.00. The highest BCUT2D eigenvalue weighted by Gasteiger charge is 2.15. The van der Waals surface area contributed by atoms with Crippen LogP contribution >= 0.6 is 12.2 Å². The normalized spacial score (nSPS) is 14.8. The van der Waals surface area contributed by atoms with E-state index >= 15 is 0 Å². The molecule has 144 valence electrons. The van der Waals surface area contributed by atoms with Crippen molar-refractivity contribution in [3.63, 3.8) is 0 Å². The molecule has 0 spiro atoms. The summed E-state index contributed by atoms with van der Waals surface area (Å²) in [6, 6.07) is 16.7. The molecular formula is C21H28N4OS. The van der Waals surface area contributed by atoms with Gasteiger partial charge in [-0.1, -0.05) is 24.3 Å². The molecule has 0 bridgehead atoms. The first-order valence-corrected chi connectivity index (χ1v) is 9.66. The largest absolute Gasteiger partial charge is 0.497 e.